The van der Waals surface area contributed by atoms with Crippen LogP contribution >= 0.6 is 15.9 Å². The summed E-state index contributed by atoms with van der Waals surface area (Å²) in [6.07, 6.45) is -0.202. The van der Waals surface area contributed by atoms with Crippen molar-refractivity contribution in [1.82, 2.24) is 5.32 Å². The van der Waals surface area contributed by atoms with Crippen LogP contribution in [0.5, 0.6) is 0 Å². The Bertz CT molecular complexity index is 508. The predicted octanol–water partition coefficient (Wildman–Crippen LogP) is 4.19. The monoisotopic (exact) mass is 362 g/mol. The molecule has 0 radical (unpaired) electrons. The molecule has 0 amide bonds. The number of nitrogens with zero attached hydrogens (tertiary/aromatic N) is 1. The minimum atomic E-state index is -4.32. The third-order valence-electron chi connectivity index (χ3n) is 4.14. The number of hydrogen-bond acceptors (Lipinski definition) is 2. The Labute approximate surface area is 130 Å². The summed E-state index contributed by atoms with van der Waals surface area (Å²) in [7, 11) is 0. The van der Waals surface area contributed by atoms with Crippen LogP contribution in [0.15, 0.2) is 22.7 Å². The Morgan fingerprint density at radius 3 is 2.57 bits per heavy atom. The van der Waals surface area contributed by atoms with Crippen LogP contribution in [0.25, 0.3) is 0 Å². The van der Waals surface area contributed by atoms with Crippen molar-refractivity contribution in [3.8, 4) is 0 Å². The molecule has 3 rings (SSSR count). The zero-order valence-electron chi connectivity index (χ0n) is 11.6. The summed E-state index contributed by atoms with van der Waals surface area (Å²) < 4.78 is 40.4. The maximum absolute atomic E-state index is 13.3. The van der Waals surface area contributed by atoms with Crippen LogP contribution in [0.4, 0.5) is 18.9 Å². The predicted molar refractivity (Wildman–Crippen MR) is 80.5 cm³/mol. The van der Waals surface area contributed by atoms with Gasteiger partial charge in [0.2, 0.25) is 0 Å². The fourth-order valence-electron chi connectivity index (χ4n) is 2.97. The standard InChI is InChI=1S/C15H18BrF3N2/c16-10-3-6-14(13(8-10)15(17,18)19)21(12-4-5-12)9-11-2-1-7-20-11/h3,6,8,11-12,20H,1-2,4-5,7,9H2. The van der Waals surface area contributed by atoms with Gasteiger partial charge in [-0.05, 0) is 50.4 Å². The number of nitrogens with one attached hydrogen (secondary N) is 1. The molecule has 1 aliphatic carbocycles. The molecule has 1 unspecified atom stereocenters. The van der Waals surface area contributed by atoms with E-state index in [0.717, 1.165) is 32.2 Å². The molecule has 2 aliphatic rings. The highest BCUT2D eigenvalue weighted by Gasteiger charge is 2.39. The molecule has 1 atom stereocenters. The number of anilines is 1. The second-order valence-electron chi connectivity index (χ2n) is 5.84. The smallest absolute Gasteiger partial charge is 0.366 e. The molecule has 0 spiro atoms. The van der Waals surface area contributed by atoms with Crippen LogP contribution in [0.1, 0.15) is 31.2 Å². The lowest BCUT2D eigenvalue weighted by atomic mass is 10.1. The van der Waals surface area contributed by atoms with Crippen molar-refractivity contribution < 1.29 is 13.2 Å². The van der Waals surface area contributed by atoms with E-state index in [1.807, 2.05) is 4.90 Å². The minimum absolute atomic E-state index is 0.259. The molecule has 21 heavy (non-hydrogen) atoms. The van der Waals surface area contributed by atoms with Gasteiger partial charge in [0.25, 0.3) is 0 Å². The van der Waals surface area contributed by atoms with Crippen molar-refractivity contribution in [2.75, 3.05) is 18.0 Å². The number of halogens is 4. The van der Waals surface area contributed by atoms with Gasteiger partial charge in [-0.15, -0.1) is 0 Å². The molecule has 1 aromatic rings. The maximum Gasteiger partial charge on any atom is 0.418 e. The lowest BCUT2D eigenvalue weighted by Crippen LogP contribution is -2.39. The van der Waals surface area contributed by atoms with Crippen molar-refractivity contribution >= 4 is 21.6 Å². The highest BCUT2D eigenvalue weighted by molar-refractivity contribution is 9.10. The van der Waals surface area contributed by atoms with Crippen molar-refractivity contribution in [3.63, 3.8) is 0 Å². The summed E-state index contributed by atoms with van der Waals surface area (Å²) in [6.45, 7) is 1.63. The van der Waals surface area contributed by atoms with E-state index in [9.17, 15) is 13.2 Å². The van der Waals surface area contributed by atoms with Gasteiger partial charge in [0.05, 0.1) is 5.56 Å². The van der Waals surface area contributed by atoms with E-state index >= 15 is 0 Å². The number of alkyl halides is 3. The molecule has 1 saturated carbocycles. The van der Waals surface area contributed by atoms with Gasteiger partial charge in [-0.25, -0.2) is 0 Å². The lowest BCUT2D eigenvalue weighted by molar-refractivity contribution is -0.137. The molecule has 1 aromatic carbocycles. The third kappa shape index (κ3) is 3.54. The molecule has 6 heteroatoms. The Morgan fingerprint density at radius 2 is 2.00 bits per heavy atom. The SMILES string of the molecule is FC(F)(F)c1cc(Br)ccc1N(CC1CCCN1)C1CC1. The Morgan fingerprint density at radius 1 is 1.24 bits per heavy atom. The first-order valence-electron chi connectivity index (χ1n) is 7.32. The molecule has 2 fully saturated rings. The average Bonchev–Trinajstić information content (AvgIpc) is 3.13. The summed E-state index contributed by atoms with van der Waals surface area (Å²) >= 11 is 3.15. The third-order valence-corrected chi connectivity index (χ3v) is 4.63. The lowest BCUT2D eigenvalue weighted by Gasteiger charge is -2.30. The van der Waals surface area contributed by atoms with E-state index in [2.05, 4.69) is 21.2 Å². The van der Waals surface area contributed by atoms with Crippen LogP contribution in [0.2, 0.25) is 0 Å². The van der Waals surface area contributed by atoms with Gasteiger partial charge in [0.1, 0.15) is 0 Å². The Balaban J connectivity index is 1.91. The largest absolute Gasteiger partial charge is 0.418 e. The molecule has 0 bridgehead atoms. The van der Waals surface area contributed by atoms with Crippen molar-refractivity contribution in [1.29, 1.82) is 0 Å². The van der Waals surface area contributed by atoms with Gasteiger partial charge in [-0.3, -0.25) is 0 Å². The normalized spacial score (nSPS) is 22.6. The molecule has 1 aliphatic heterocycles. The first kappa shape index (κ1) is 15.2. The Hall–Kier alpha value is -0.750. The van der Waals surface area contributed by atoms with Gasteiger partial charge in [-0.1, -0.05) is 15.9 Å². The van der Waals surface area contributed by atoms with E-state index in [1.165, 1.54) is 6.07 Å². The number of benzene rings is 1. The van der Waals surface area contributed by atoms with Crippen LogP contribution in [-0.2, 0) is 6.18 Å². The molecule has 2 nitrogen and oxygen atoms in total. The van der Waals surface area contributed by atoms with E-state index in [0.29, 0.717) is 22.7 Å². The summed E-state index contributed by atoms with van der Waals surface area (Å²) in [5.41, 5.74) is -0.219. The van der Waals surface area contributed by atoms with Crippen molar-refractivity contribution in [2.45, 2.75) is 43.9 Å². The summed E-state index contributed by atoms with van der Waals surface area (Å²) in [5.74, 6) is 0. The fraction of sp³-hybridized carbons (Fsp3) is 0.600. The average molecular weight is 363 g/mol. The van der Waals surface area contributed by atoms with Gasteiger partial charge in [0, 0.05) is 28.8 Å². The maximum atomic E-state index is 13.3. The first-order chi connectivity index (χ1) is 9.95. The molecule has 116 valence electrons. The van der Waals surface area contributed by atoms with Gasteiger partial charge in [0.15, 0.2) is 0 Å². The summed E-state index contributed by atoms with van der Waals surface area (Å²) in [6, 6.07) is 5.04. The Kier molecular flexibility index (Phi) is 4.19. The quantitative estimate of drug-likeness (QED) is 0.863. The van der Waals surface area contributed by atoms with E-state index in [4.69, 9.17) is 0 Å². The molecular weight excluding hydrogens is 345 g/mol. The zero-order chi connectivity index (χ0) is 15.0. The molecule has 1 heterocycles. The van der Waals surface area contributed by atoms with Crippen LogP contribution in [0.3, 0.4) is 0 Å². The van der Waals surface area contributed by atoms with Gasteiger partial charge in [-0.2, -0.15) is 13.2 Å². The molecule has 1 N–H and O–H groups in total. The molecular formula is C15H18BrF3N2. The second kappa shape index (κ2) is 5.80. The fourth-order valence-corrected chi connectivity index (χ4v) is 3.33. The molecule has 0 aromatic heterocycles. The second-order valence-corrected chi connectivity index (χ2v) is 6.75. The van der Waals surface area contributed by atoms with Crippen LogP contribution < -0.4 is 10.2 Å². The van der Waals surface area contributed by atoms with Crippen LogP contribution in [-0.4, -0.2) is 25.2 Å². The van der Waals surface area contributed by atoms with E-state index in [-0.39, 0.29) is 6.04 Å². The number of hydrogen-bond donors (Lipinski definition) is 1. The van der Waals surface area contributed by atoms with Crippen LogP contribution in [0, 0.1) is 0 Å². The highest BCUT2D eigenvalue weighted by atomic mass is 79.9. The van der Waals surface area contributed by atoms with Crippen molar-refractivity contribution in [2.24, 2.45) is 0 Å². The first-order valence-corrected chi connectivity index (χ1v) is 8.11. The summed E-state index contributed by atoms with van der Waals surface area (Å²) in [5, 5.41) is 3.38. The van der Waals surface area contributed by atoms with E-state index in [1.54, 1.807) is 12.1 Å². The number of rotatable bonds is 4. The summed E-state index contributed by atoms with van der Waals surface area (Å²) in [4.78, 5) is 1.96. The highest BCUT2D eigenvalue weighted by Crippen LogP contribution is 2.42. The van der Waals surface area contributed by atoms with Crippen molar-refractivity contribution in [3.05, 3.63) is 28.2 Å². The van der Waals surface area contributed by atoms with E-state index < -0.39 is 11.7 Å². The molecule has 1 saturated heterocycles. The van der Waals surface area contributed by atoms with Gasteiger partial charge < -0.3 is 10.2 Å². The minimum Gasteiger partial charge on any atom is -0.366 e. The topological polar surface area (TPSA) is 15.3 Å². The zero-order valence-corrected chi connectivity index (χ0v) is 13.2. The van der Waals surface area contributed by atoms with Gasteiger partial charge >= 0.3 is 6.18 Å².